The predicted octanol–water partition coefficient (Wildman–Crippen LogP) is 6.73. The summed E-state index contributed by atoms with van der Waals surface area (Å²) in [7, 11) is 0. The van der Waals surface area contributed by atoms with Crippen LogP contribution in [0.25, 0.3) is 5.69 Å². The van der Waals surface area contributed by atoms with Gasteiger partial charge in [-0.25, -0.2) is 14.7 Å². The first kappa shape index (κ1) is 35.3. The molecule has 2 atom stereocenters. The summed E-state index contributed by atoms with van der Waals surface area (Å²) < 4.78 is 6.47. The first-order valence-corrected chi connectivity index (χ1v) is 16.6. The van der Waals surface area contributed by atoms with E-state index in [-0.39, 0.29) is 27.9 Å². The van der Waals surface area contributed by atoms with E-state index in [4.69, 9.17) is 16.3 Å². The zero-order valence-corrected chi connectivity index (χ0v) is 27.6. The summed E-state index contributed by atoms with van der Waals surface area (Å²) in [6.07, 6.45) is 12.2. The lowest BCUT2D eigenvalue weighted by Crippen LogP contribution is -2.52. The number of rotatable bonds is 18. The summed E-state index contributed by atoms with van der Waals surface area (Å²) >= 11 is 6.38. The average molecular weight is 664 g/mol. The van der Waals surface area contributed by atoms with Crippen molar-refractivity contribution in [2.24, 2.45) is 0 Å². The largest absolute Gasteiger partial charge is 0.436 e. The number of carbonyl (C=O) groups excluding carboxylic acids is 5. The van der Waals surface area contributed by atoms with Crippen LogP contribution in [0.4, 0.5) is 10.5 Å². The number of cyclic esters (lactones) is 1. The Balaban J connectivity index is 1.42. The highest BCUT2D eigenvalue weighted by Gasteiger charge is 2.49. The Morgan fingerprint density at radius 1 is 0.936 bits per heavy atom. The van der Waals surface area contributed by atoms with Crippen molar-refractivity contribution in [3.63, 3.8) is 0 Å². The Hall–Kier alpha value is -4.51. The van der Waals surface area contributed by atoms with Gasteiger partial charge in [-0.1, -0.05) is 94.5 Å². The fraction of sp³-hybridized carbons (Fsp3) is 0.429. The van der Waals surface area contributed by atoms with Gasteiger partial charge in [-0.05, 0) is 43.7 Å². The van der Waals surface area contributed by atoms with E-state index in [1.165, 1.54) is 87.2 Å². The molecule has 4 rings (SSSR count). The van der Waals surface area contributed by atoms with Crippen LogP contribution in [0.15, 0.2) is 61.1 Å². The molecule has 1 aliphatic rings. The summed E-state index contributed by atoms with van der Waals surface area (Å²) in [5.41, 5.74) is 0.816. The second kappa shape index (κ2) is 17.4. The van der Waals surface area contributed by atoms with Crippen molar-refractivity contribution in [3.05, 3.63) is 77.3 Å². The second-order valence-corrected chi connectivity index (χ2v) is 12.0. The van der Waals surface area contributed by atoms with Gasteiger partial charge in [-0.15, -0.1) is 0 Å². The van der Waals surface area contributed by atoms with Gasteiger partial charge in [-0.3, -0.25) is 23.7 Å². The maximum absolute atomic E-state index is 13.9. The molecule has 0 aliphatic carbocycles. The molecule has 1 aliphatic heterocycles. The molecule has 2 unspecified atom stereocenters. The summed E-state index contributed by atoms with van der Waals surface area (Å²) in [5, 5.41) is 5.53. The Labute approximate surface area is 280 Å². The first-order chi connectivity index (χ1) is 22.7. The smallest absolute Gasteiger partial charge is 0.418 e. The van der Waals surface area contributed by atoms with Crippen molar-refractivity contribution in [1.29, 1.82) is 0 Å². The van der Waals surface area contributed by atoms with Crippen LogP contribution in [-0.2, 0) is 14.3 Å². The molecule has 3 aromatic rings. The molecular weight excluding hydrogens is 622 g/mol. The third kappa shape index (κ3) is 9.28. The number of ketones is 1. The molecular formula is C35H42ClN5O6. The SMILES string of the molecule is CCCCCCCCCCCCNC(=O)c1ccc(Cl)c(NC(=O)C(C(=O)c2cncn2-c2ccccc2)N2C(=O)OC(C)C2=O)c1. The number of Topliss-reactive ketones (excluding diaryl/α,β-unsaturated/α-hetero) is 1. The number of nitrogens with one attached hydrogen (secondary N) is 2. The molecule has 0 spiro atoms. The Kier molecular flexibility index (Phi) is 13.1. The fourth-order valence-electron chi connectivity index (χ4n) is 5.42. The van der Waals surface area contributed by atoms with E-state index >= 15 is 0 Å². The minimum Gasteiger partial charge on any atom is -0.436 e. The van der Waals surface area contributed by atoms with Gasteiger partial charge < -0.3 is 15.4 Å². The molecule has 1 fully saturated rings. The first-order valence-electron chi connectivity index (χ1n) is 16.3. The maximum atomic E-state index is 13.9. The van der Waals surface area contributed by atoms with Gasteiger partial charge in [0.1, 0.15) is 5.69 Å². The van der Waals surface area contributed by atoms with Crippen molar-refractivity contribution in [3.8, 4) is 5.69 Å². The number of unbranched alkanes of at least 4 members (excludes halogenated alkanes) is 9. The van der Waals surface area contributed by atoms with Crippen LogP contribution >= 0.6 is 11.6 Å². The molecule has 4 amide bonds. The lowest BCUT2D eigenvalue weighted by atomic mass is 10.1. The highest BCUT2D eigenvalue weighted by molar-refractivity contribution is 6.34. The molecule has 250 valence electrons. The number of benzene rings is 2. The fourth-order valence-corrected chi connectivity index (χ4v) is 5.59. The van der Waals surface area contributed by atoms with Crippen LogP contribution in [0.3, 0.4) is 0 Å². The number of imide groups is 1. The average Bonchev–Trinajstić information content (AvgIpc) is 3.65. The number of anilines is 1. The van der Waals surface area contributed by atoms with Crippen LogP contribution in [0.1, 0.15) is 98.9 Å². The monoisotopic (exact) mass is 663 g/mol. The number of para-hydroxylation sites is 1. The van der Waals surface area contributed by atoms with E-state index in [0.717, 1.165) is 19.3 Å². The second-order valence-electron chi connectivity index (χ2n) is 11.6. The van der Waals surface area contributed by atoms with Crippen LogP contribution < -0.4 is 10.6 Å². The number of amides is 4. The van der Waals surface area contributed by atoms with Gasteiger partial charge in [0.15, 0.2) is 12.1 Å². The van der Waals surface area contributed by atoms with Crippen molar-refractivity contribution < 1.29 is 28.7 Å². The lowest BCUT2D eigenvalue weighted by molar-refractivity contribution is -0.133. The third-order valence-electron chi connectivity index (χ3n) is 8.04. The summed E-state index contributed by atoms with van der Waals surface area (Å²) in [6, 6.07) is 11.2. The molecule has 1 aromatic heterocycles. The molecule has 11 nitrogen and oxygen atoms in total. The number of halogens is 1. The van der Waals surface area contributed by atoms with Gasteiger partial charge in [0.2, 0.25) is 5.78 Å². The third-order valence-corrected chi connectivity index (χ3v) is 8.37. The zero-order valence-electron chi connectivity index (χ0n) is 26.9. The minimum absolute atomic E-state index is 0.0330. The maximum Gasteiger partial charge on any atom is 0.418 e. The molecule has 12 heteroatoms. The van der Waals surface area contributed by atoms with Crippen molar-refractivity contribution >= 4 is 46.9 Å². The van der Waals surface area contributed by atoms with Crippen molar-refractivity contribution in [1.82, 2.24) is 19.8 Å². The minimum atomic E-state index is -1.94. The van der Waals surface area contributed by atoms with E-state index in [2.05, 4.69) is 22.5 Å². The number of hydrogen-bond acceptors (Lipinski definition) is 7. The number of carbonyl (C=O) groups is 5. The Morgan fingerprint density at radius 2 is 1.60 bits per heavy atom. The molecule has 0 radical (unpaired) electrons. The number of imidazole rings is 1. The van der Waals surface area contributed by atoms with Crippen LogP contribution in [-0.4, -0.2) is 62.7 Å². The summed E-state index contributed by atoms with van der Waals surface area (Å²) in [4.78, 5) is 70.9. The highest BCUT2D eigenvalue weighted by atomic mass is 35.5. The van der Waals surface area contributed by atoms with Gasteiger partial charge >= 0.3 is 6.09 Å². The summed E-state index contributed by atoms with van der Waals surface area (Å²) in [6.45, 7) is 4.07. The molecule has 47 heavy (non-hydrogen) atoms. The van der Waals surface area contributed by atoms with Gasteiger partial charge in [0.25, 0.3) is 17.7 Å². The van der Waals surface area contributed by atoms with Crippen LogP contribution in [0.5, 0.6) is 0 Å². The quantitative estimate of drug-likeness (QED) is 0.0873. The number of ether oxygens (including phenoxy) is 1. The van der Waals surface area contributed by atoms with E-state index in [9.17, 15) is 24.0 Å². The Morgan fingerprint density at radius 3 is 2.23 bits per heavy atom. The van der Waals surface area contributed by atoms with Crippen molar-refractivity contribution in [2.75, 3.05) is 11.9 Å². The number of hydrogen-bond donors (Lipinski definition) is 2. The molecule has 0 bridgehead atoms. The van der Waals surface area contributed by atoms with Gasteiger partial charge in [0, 0.05) is 17.8 Å². The normalized spacial score (nSPS) is 15.0. The molecule has 2 heterocycles. The molecule has 2 N–H and O–H groups in total. The van der Waals surface area contributed by atoms with E-state index in [1.54, 1.807) is 30.3 Å². The standard InChI is InChI=1S/C35H42ClN5O6/c1-3-4-5-6-7-8-9-10-11-15-20-38-32(43)25-18-19-27(36)28(21-25)39-33(44)30(41-34(45)24(2)47-35(41)46)31(42)29-22-37-23-40(29)26-16-13-12-14-17-26/h12-14,16-19,21-24,30H,3-11,15,20H2,1-2H3,(H,38,43)(H,39,44). The van der Waals surface area contributed by atoms with Crippen LogP contribution in [0.2, 0.25) is 5.02 Å². The molecule has 2 aromatic carbocycles. The van der Waals surface area contributed by atoms with E-state index < -0.39 is 35.8 Å². The topological polar surface area (TPSA) is 140 Å². The van der Waals surface area contributed by atoms with Crippen LogP contribution in [0, 0.1) is 0 Å². The molecule has 1 saturated heterocycles. The molecule has 0 saturated carbocycles. The summed E-state index contributed by atoms with van der Waals surface area (Å²) in [5.74, 6) is -3.08. The lowest BCUT2D eigenvalue weighted by Gasteiger charge is -2.23. The predicted molar refractivity (Wildman–Crippen MR) is 179 cm³/mol. The van der Waals surface area contributed by atoms with E-state index in [1.807, 2.05) is 0 Å². The number of nitrogens with zero attached hydrogens (tertiary/aromatic N) is 3. The van der Waals surface area contributed by atoms with E-state index in [0.29, 0.717) is 17.1 Å². The zero-order chi connectivity index (χ0) is 33.8. The Bertz CT molecular complexity index is 1560. The van der Waals surface area contributed by atoms with Gasteiger partial charge in [-0.2, -0.15) is 0 Å². The van der Waals surface area contributed by atoms with Crippen molar-refractivity contribution in [2.45, 2.75) is 90.2 Å². The highest BCUT2D eigenvalue weighted by Crippen LogP contribution is 2.26. The van der Waals surface area contributed by atoms with Gasteiger partial charge in [0.05, 0.1) is 23.2 Å². The number of aromatic nitrogens is 2.